The summed E-state index contributed by atoms with van der Waals surface area (Å²) in [5.41, 5.74) is 2.06. The van der Waals surface area contributed by atoms with Crippen LogP contribution < -0.4 is 5.32 Å². The molecule has 1 saturated heterocycles. The second-order valence-corrected chi connectivity index (χ2v) is 10.4. The average molecular weight is 496 g/mol. The summed E-state index contributed by atoms with van der Waals surface area (Å²) in [7, 11) is -1.71. The highest BCUT2D eigenvalue weighted by Gasteiger charge is 2.34. The van der Waals surface area contributed by atoms with E-state index >= 15 is 0 Å². The highest BCUT2D eigenvalue weighted by Crippen LogP contribution is 2.31. The number of halogens is 3. The van der Waals surface area contributed by atoms with E-state index in [-0.39, 0.29) is 29.4 Å². The van der Waals surface area contributed by atoms with Gasteiger partial charge >= 0.3 is 6.18 Å². The number of hydrogen-bond donors (Lipinski definition) is 1. The molecular weight excluding hydrogens is 463 g/mol. The number of nitrogens with zero attached hydrogens (tertiary/aromatic N) is 2. The van der Waals surface area contributed by atoms with Crippen LogP contribution in [0.1, 0.15) is 43.4 Å². The smallest absolute Gasteiger partial charge is 0.324 e. The Morgan fingerprint density at radius 3 is 2.26 bits per heavy atom. The van der Waals surface area contributed by atoms with Crippen LogP contribution in [0.15, 0.2) is 47.4 Å². The summed E-state index contributed by atoms with van der Waals surface area (Å²) < 4.78 is 54.4. The maximum atomic E-state index is 13.3. The molecular formula is C25H32F3N3O2S. The third-order valence-electron chi connectivity index (χ3n) is 6.09. The summed E-state index contributed by atoms with van der Waals surface area (Å²) in [6.07, 6.45) is -3.12. The lowest BCUT2D eigenvalue weighted by molar-refractivity contribution is -0.137. The Hall–Kier alpha value is -2.23. The van der Waals surface area contributed by atoms with Crippen LogP contribution in [0.4, 0.5) is 18.9 Å². The first-order valence-corrected chi connectivity index (χ1v) is 12.5. The van der Waals surface area contributed by atoms with Crippen LogP contribution in [0.25, 0.3) is 0 Å². The largest absolute Gasteiger partial charge is 0.416 e. The van der Waals surface area contributed by atoms with Crippen molar-refractivity contribution in [2.24, 2.45) is 0 Å². The number of likely N-dealkylation sites (tertiary alicyclic amines) is 1. The summed E-state index contributed by atoms with van der Waals surface area (Å²) in [5.74, 6) is -0.0795. The third-order valence-corrected chi connectivity index (χ3v) is 7.85. The van der Waals surface area contributed by atoms with E-state index in [0.717, 1.165) is 28.9 Å². The molecule has 9 heteroatoms. The number of nitrogens with one attached hydrogen (secondary N) is 1. The van der Waals surface area contributed by atoms with E-state index in [1.54, 1.807) is 4.31 Å². The van der Waals surface area contributed by atoms with Gasteiger partial charge in [0.05, 0.1) is 17.0 Å². The lowest BCUT2D eigenvalue weighted by atomic mass is 10.0. The molecule has 3 rings (SSSR count). The second-order valence-electron chi connectivity index (χ2n) is 9.05. The fourth-order valence-electron chi connectivity index (χ4n) is 4.38. The Balaban J connectivity index is 1.62. The number of para-hydroxylation sites is 1. The molecule has 1 aliphatic rings. The van der Waals surface area contributed by atoms with Crippen molar-refractivity contribution in [3.05, 3.63) is 59.2 Å². The zero-order valence-corrected chi connectivity index (χ0v) is 20.8. The fraction of sp³-hybridized carbons (Fsp3) is 0.480. The predicted molar refractivity (Wildman–Crippen MR) is 129 cm³/mol. The van der Waals surface area contributed by atoms with Crippen LogP contribution in [0.3, 0.4) is 0 Å². The van der Waals surface area contributed by atoms with Crippen LogP contribution in [0.5, 0.6) is 0 Å². The Morgan fingerprint density at radius 1 is 1.12 bits per heavy atom. The summed E-state index contributed by atoms with van der Waals surface area (Å²) in [6.45, 7) is 9.27. The van der Waals surface area contributed by atoms with Crippen molar-refractivity contribution >= 4 is 22.6 Å². The number of carbonyl (C=O) groups excluding carboxylic acids is 1. The quantitative estimate of drug-likeness (QED) is 0.578. The molecule has 0 saturated carbocycles. The average Bonchev–Trinajstić information content (AvgIpc) is 2.77. The maximum absolute atomic E-state index is 13.3. The van der Waals surface area contributed by atoms with Crippen molar-refractivity contribution in [1.82, 2.24) is 9.21 Å². The highest BCUT2D eigenvalue weighted by atomic mass is 32.2. The number of anilines is 1. The third kappa shape index (κ3) is 6.46. The van der Waals surface area contributed by atoms with Gasteiger partial charge in [0.25, 0.3) is 0 Å². The van der Waals surface area contributed by atoms with Gasteiger partial charge in [0.2, 0.25) is 5.91 Å². The molecule has 1 fully saturated rings. The van der Waals surface area contributed by atoms with Crippen LogP contribution >= 0.6 is 0 Å². The molecule has 0 aliphatic carbocycles. The van der Waals surface area contributed by atoms with Crippen molar-refractivity contribution < 1.29 is 22.2 Å². The molecule has 34 heavy (non-hydrogen) atoms. The molecule has 0 spiro atoms. The normalized spacial score (nSPS) is 16.7. The van der Waals surface area contributed by atoms with Crippen molar-refractivity contribution in [2.45, 2.75) is 63.7 Å². The first kappa shape index (κ1) is 26.4. The van der Waals surface area contributed by atoms with E-state index in [2.05, 4.69) is 10.2 Å². The molecule has 5 nitrogen and oxygen atoms in total. The molecule has 1 amide bonds. The van der Waals surface area contributed by atoms with Gasteiger partial charge in [-0.05, 0) is 69.9 Å². The van der Waals surface area contributed by atoms with Crippen LogP contribution in [-0.4, -0.2) is 51.0 Å². The Kier molecular flexibility index (Phi) is 8.54. The topological polar surface area (TPSA) is 52.7 Å². The first-order valence-electron chi connectivity index (χ1n) is 11.4. The lowest BCUT2D eigenvalue weighted by Crippen LogP contribution is -2.49. The van der Waals surface area contributed by atoms with E-state index in [1.165, 1.54) is 12.1 Å². The molecule has 1 aliphatic heterocycles. The summed E-state index contributed by atoms with van der Waals surface area (Å²) in [4.78, 5) is 14.8. The van der Waals surface area contributed by atoms with Gasteiger partial charge in [-0.3, -0.25) is 9.69 Å². The summed E-state index contributed by atoms with van der Waals surface area (Å²) in [5, 5.41) is 3.00. The molecule has 2 aromatic carbocycles. The number of amides is 1. The Bertz CT molecular complexity index is 1010. The Labute approximate surface area is 201 Å². The number of benzene rings is 2. The zero-order chi connectivity index (χ0) is 25.0. The van der Waals surface area contributed by atoms with Gasteiger partial charge < -0.3 is 5.32 Å². The van der Waals surface area contributed by atoms with E-state index < -0.39 is 22.7 Å². The van der Waals surface area contributed by atoms with E-state index in [9.17, 15) is 22.2 Å². The summed E-state index contributed by atoms with van der Waals surface area (Å²) >= 11 is 0. The molecule has 2 aromatic rings. The monoisotopic (exact) mass is 495 g/mol. The molecule has 1 heterocycles. The van der Waals surface area contributed by atoms with Gasteiger partial charge in [-0.1, -0.05) is 24.3 Å². The van der Waals surface area contributed by atoms with Crippen LogP contribution in [0, 0.1) is 13.8 Å². The molecule has 1 atom stereocenters. The number of hydrogen-bond acceptors (Lipinski definition) is 3. The second kappa shape index (κ2) is 11.0. The van der Waals surface area contributed by atoms with Gasteiger partial charge in [0, 0.05) is 30.9 Å². The minimum atomic E-state index is -4.48. The molecule has 1 N–H and O–H groups in total. The molecule has 186 valence electrons. The van der Waals surface area contributed by atoms with Crippen LogP contribution in [0.2, 0.25) is 0 Å². The number of rotatable bonds is 7. The van der Waals surface area contributed by atoms with E-state index in [0.29, 0.717) is 25.9 Å². The number of alkyl halides is 3. The highest BCUT2D eigenvalue weighted by molar-refractivity contribution is 7.82. The fourth-order valence-corrected chi connectivity index (χ4v) is 5.91. The SMILES string of the molecule is Cc1cccc(C)c1NC(=O)CN1CCC(N(C(C)C)S(=O)c2cccc(C(F)(F)F)c2)CC1. The molecule has 1 unspecified atom stereocenters. The molecule has 0 aromatic heterocycles. The maximum Gasteiger partial charge on any atom is 0.416 e. The van der Waals surface area contributed by atoms with Crippen molar-refractivity contribution in [3.63, 3.8) is 0 Å². The molecule has 0 radical (unpaired) electrons. The number of piperidine rings is 1. The van der Waals surface area contributed by atoms with Gasteiger partial charge in [0.15, 0.2) is 0 Å². The van der Waals surface area contributed by atoms with Crippen LogP contribution in [-0.2, 0) is 22.0 Å². The van der Waals surface area contributed by atoms with Gasteiger partial charge in [-0.15, -0.1) is 0 Å². The van der Waals surface area contributed by atoms with Crippen molar-refractivity contribution in [2.75, 3.05) is 25.0 Å². The van der Waals surface area contributed by atoms with E-state index in [1.807, 2.05) is 45.9 Å². The standard InChI is InChI=1S/C25H32F3N3O2S/c1-17(2)31(34(33)22-10-6-9-20(15-22)25(26,27)28)21-11-13-30(14-12-21)16-23(32)29-24-18(3)7-5-8-19(24)4/h5-10,15,17,21H,11-14,16H2,1-4H3,(H,29,32). The number of carbonyl (C=O) groups is 1. The van der Waals surface area contributed by atoms with Gasteiger partial charge in [0.1, 0.15) is 11.0 Å². The summed E-state index contributed by atoms with van der Waals surface area (Å²) in [6, 6.07) is 10.4. The minimum absolute atomic E-state index is 0.0479. The predicted octanol–water partition coefficient (Wildman–Crippen LogP) is 5.16. The minimum Gasteiger partial charge on any atom is -0.324 e. The van der Waals surface area contributed by atoms with E-state index in [4.69, 9.17) is 0 Å². The van der Waals surface area contributed by atoms with Gasteiger partial charge in [-0.25, -0.2) is 8.51 Å². The van der Waals surface area contributed by atoms with Crippen molar-refractivity contribution in [1.29, 1.82) is 0 Å². The lowest BCUT2D eigenvalue weighted by Gasteiger charge is -2.39. The van der Waals surface area contributed by atoms with Crippen molar-refractivity contribution in [3.8, 4) is 0 Å². The molecule has 0 bridgehead atoms. The number of aryl methyl sites for hydroxylation is 2. The Morgan fingerprint density at radius 2 is 1.71 bits per heavy atom. The first-order chi connectivity index (χ1) is 16.0. The van der Waals surface area contributed by atoms with Gasteiger partial charge in [-0.2, -0.15) is 13.2 Å². The zero-order valence-electron chi connectivity index (χ0n) is 20.0.